The van der Waals surface area contributed by atoms with Crippen LogP contribution >= 0.6 is 22.6 Å². The molecule has 0 spiro atoms. The maximum absolute atomic E-state index is 4.36. The van der Waals surface area contributed by atoms with E-state index >= 15 is 0 Å². The molecule has 0 N–H and O–H groups in total. The molecular weight excluding hydrogens is 261 g/mol. The van der Waals surface area contributed by atoms with Crippen LogP contribution in [0.4, 0.5) is 0 Å². The molecule has 0 amide bonds. The van der Waals surface area contributed by atoms with Gasteiger partial charge in [0.2, 0.25) is 0 Å². The third-order valence-electron chi connectivity index (χ3n) is 1.47. The average molecular weight is 271 g/mol. The number of hydrogen-bond donors (Lipinski definition) is 0. The molecule has 0 bridgehead atoms. The quantitative estimate of drug-likeness (QED) is 0.593. The maximum atomic E-state index is 4.36. The van der Waals surface area contributed by atoms with E-state index in [9.17, 15) is 0 Å². The Bertz CT molecular complexity index is 316. The summed E-state index contributed by atoms with van der Waals surface area (Å²) < 4.78 is 1.01. The number of nitrogens with zero attached hydrogens (tertiary/aromatic N) is 1. The molecule has 0 radical (unpaired) electrons. The van der Waals surface area contributed by atoms with Gasteiger partial charge in [-0.05, 0) is 47.2 Å². The lowest BCUT2D eigenvalue weighted by Crippen LogP contribution is -1.88. The van der Waals surface area contributed by atoms with Gasteiger partial charge in [-0.25, -0.2) is 4.98 Å². The Morgan fingerprint density at radius 2 is 2.25 bits per heavy atom. The Balaban J connectivity index is 3.20. The number of allylic oxidation sites excluding steroid dienone is 1. The lowest BCUT2D eigenvalue weighted by atomic mass is 10.2. The van der Waals surface area contributed by atoms with Gasteiger partial charge >= 0.3 is 0 Å². The fourth-order valence-electron chi connectivity index (χ4n) is 0.925. The molecule has 0 aliphatic heterocycles. The van der Waals surface area contributed by atoms with Crippen LogP contribution in [-0.2, 0) is 0 Å². The molecule has 1 heterocycles. The van der Waals surface area contributed by atoms with Crippen LogP contribution in [0.15, 0.2) is 24.8 Å². The lowest BCUT2D eigenvalue weighted by Gasteiger charge is -1.99. The van der Waals surface area contributed by atoms with Gasteiger partial charge in [0.25, 0.3) is 0 Å². The minimum absolute atomic E-state index is 0.986. The third kappa shape index (κ3) is 2.17. The van der Waals surface area contributed by atoms with Gasteiger partial charge in [-0.3, -0.25) is 0 Å². The van der Waals surface area contributed by atoms with Crippen molar-refractivity contribution < 1.29 is 0 Å². The van der Waals surface area contributed by atoms with Gasteiger partial charge < -0.3 is 0 Å². The van der Waals surface area contributed by atoms with Crippen molar-refractivity contribution in [2.45, 2.75) is 6.92 Å². The van der Waals surface area contributed by atoms with Gasteiger partial charge in [-0.2, -0.15) is 0 Å². The van der Waals surface area contributed by atoms with E-state index in [2.05, 4.69) is 34.2 Å². The Morgan fingerprint density at radius 3 is 2.83 bits per heavy atom. The molecule has 0 fully saturated rings. The topological polar surface area (TPSA) is 12.9 Å². The van der Waals surface area contributed by atoms with Gasteiger partial charge in [0.15, 0.2) is 0 Å². The lowest BCUT2D eigenvalue weighted by molar-refractivity contribution is 1.23. The van der Waals surface area contributed by atoms with E-state index in [0.717, 1.165) is 15.0 Å². The van der Waals surface area contributed by atoms with Crippen molar-refractivity contribution in [3.8, 4) is 0 Å². The van der Waals surface area contributed by atoms with Crippen LogP contribution in [0.25, 0.3) is 12.2 Å². The molecule has 1 aromatic rings. The van der Waals surface area contributed by atoms with Gasteiger partial charge in [0.1, 0.15) is 3.70 Å². The molecule has 1 rings (SSSR count). The molecule has 0 saturated carbocycles. The number of hydrogen-bond acceptors (Lipinski definition) is 1. The van der Waals surface area contributed by atoms with Crippen LogP contribution in [-0.4, -0.2) is 4.98 Å². The second-order valence-corrected chi connectivity index (χ2v) is 3.42. The molecule has 1 nitrogen and oxygen atoms in total. The van der Waals surface area contributed by atoms with Gasteiger partial charge in [0, 0.05) is 0 Å². The zero-order valence-corrected chi connectivity index (χ0v) is 9.08. The molecule has 1 aromatic heterocycles. The standard InChI is InChI=1S/C10H10IN/c1-3-5-9-8(4-2)6-7-10(11)12-9/h3-7H,2H2,1H3/b5-3-. The van der Waals surface area contributed by atoms with E-state index in [0.29, 0.717) is 0 Å². The Morgan fingerprint density at radius 1 is 1.50 bits per heavy atom. The predicted molar refractivity (Wildman–Crippen MR) is 61.8 cm³/mol. The molecule has 0 atom stereocenters. The fraction of sp³-hybridized carbons (Fsp3) is 0.100. The first-order valence-electron chi connectivity index (χ1n) is 3.69. The van der Waals surface area contributed by atoms with Crippen molar-refractivity contribution in [1.82, 2.24) is 4.98 Å². The zero-order valence-electron chi connectivity index (χ0n) is 6.92. The molecule has 0 aliphatic carbocycles. The van der Waals surface area contributed by atoms with Crippen molar-refractivity contribution in [3.05, 3.63) is 39.7 Å². The first kappa shape index (κ1) is 9.45. The SMILES string of the molecule is C=Cc1ccc(I)nc1/C=C\C. The normalized spacial score (nSPS) is 10.5. The predicted octanol–water partition coefficient (Wildman–Crippen LogP) is 3.36. The van der Waals surface area contributed by atoms with Crippen molar-refractivity contribution in [2.75, 3.05) is 0 Å². The molecule has 12 heavy (non-hydrogen) atoms. The second-order valence-electron chi connectivity index (χ2n) is 2.31. The second kappa shape index (κ2) is 4.40. The summed E-state index contributed by atoms with van der Waals surface area (Å²) in [7, 11) is 0. The highest BCUT2D eigenvalue weighted by Gasteiger charge is 1.96. The van der Waals surface area contributed by atoms with Gasteiger partial charge in [-0.15, -0.1) is 0 Å². The number of rotatable bonds is 2. The summed E-state index contributed by atoms with van der Waals surface area (Å²) in [5.41, 5.74) is 2.06. The van der Waals surface area contributed by atoms with Crippen molar-refractivity contribution in [2.24, 2.45) is 0 Å². The molecule has 0 aromatic carbocycles. The molecule has 62 valence electrons. The van der Waals surface area contributed by atoms with Crippen LogP contribution in [0, 0.1) is 3.70 Å². The molecule has 0 saturated heterocycles. The molecule has 0 unspecified atom stereocenters. The minimum Gasteiger partial charge on any atom is -0.242 e. The van der Waals surface area contributed by atoms with Crippen molar-refractivity contribution in [3.63, 3.8) is 0 Å². The highest BCUT2D eigenvalue weighted by molar-refractivity contribution is 14.1. The summed E-state index contributed by atoms with van der Waals surface area (Å²) in [6, 6.07) is 4.00. The van der Waals surface area contributed by atoms with E-state index in [1.165, 1.54) is 0 Å². The first-order valence-corrected chi connectivity index (χ1v) is 4.77. The van der Waals surface area contributed by atoms with Gasteiger partial charge in [0.05, 0.1) is 5.69 Å². The summed E-state index contributed by atoms with van der Waals surface area (Å²) >= 11 is 2.20. The minimum atomic E-state index is 0.986. The zero-order chi connectivity index (χ0) is 8.97. The highest BCUT2D eigenvalue weighted by atomic mass is 127. The molecule has 2 heteroatoms. The van der Waals surface area contributed by atoms with Crippen LogP contribution in [0.5, 0.6) is 0 Å². The first-order chi connectivity index (χ1) is 5.77. The van der Waals surface area contributed by atoms with E-state index in [1.54, 1.807) is 0 Å². The van der Waals surface area contributed by atoms with E-state index < -0.39 is 0 Å². The smallest absolute Gasteiger partial charge is 0.102 e. The average Bonchev–Trinajstić information content (AvgIpc) is 2.05. The fourth-order valence-corrected chi connectivity index (χ4v) is 1.36. The number of aromatic nitrogens is 1. The Kier molecular flexibility index (Phi) is 3.47. The van der Waals surface area contributed by atoms with Crippen LogP contribution in [0.1, 0.15) is 18.2 Å². The Hall–Kier alpha value is -0.640. The molecule has 0 aliphatic rings. The number of halogens is 1. The highest BCUT2D eigenvalue weighted by Crippen LogP contribution is 2.12. The van der Waals surface area contributed by atoms with Crippen molar-refractivity contribution in [1.29, 1.82) is 0 Å². The van der Waals surface area contributed by atoms with Gasteiger partial charge in [-0.1, -0.05) is 24.8 Å². The monoisotopic (exact) mass is 271 g/mol. The summed E-state index contributed by atoms with van der Waals surface area (Å²) in [6.07, 6.45) is 5.78. The van der Waals surface area contributed by atoms with Crippen LogP contribution in [0.2, 0.25) is 0 Å². The van der Waals surface area contributed by atoms with E-state index in [1.807, 2.05) is 37.3 Å². The summed E-state index contributed by atoms with van der Waals surface area (Å²) in [6.45, 7) is 5.71. The van der Waals surface area contributed by atoms with E-state index in [4.69, 9.17) is 0 Å². The third-order valence-corrected chi connectivity index (χ3v) is 2.07. The molecular formula is C10H10IN. The summed E-state index contributed by atoms with van der Waals surface area (Å²) in [4.78, 5) is 4.36. The summed E-state index contributed by atoms with van der Waals surface area (Å²) in [5.74, 6) is 0. The number of pyridine rings is 1. The summed E-state index contributed by atoms with van der Waals surface area (Å²) in [5, 5.41) is 0. The largest absolute Gasteiger partial charge is 0.242 e. The van der Waals surface area contributed by atoms with E-state index in [-0.39, 0.29) is 0 Å². The Labute approximate surface area is 86.4 Å². The van der Waals surface area contributed by atoms with Crippen LogP contribution in [0.3, 0.4) is 0 Å². The maximum Gasteiger partial charge on any atom is 0.102 e. The van der Waals surface area contributed by atoms with Crippen molar-refractivity contribution >= 4 is 34.7 Å². The van der Waals surface area contributed by atoms with Crippen LogP contribution < -0.4 is 0 Å².